The molecule has 0 bridgehead atoms. The van der Waals surface area contributed by atoms with Crippen LogP contribution >= 0.6 is 18.5 Å². The first-order valence-electron chi connectivity index (χ1n) is 3.65. The fraction of sp³-hybridized carbons (Fsp3) is 0.333. The second-order valence-electron chi connectivity index (χ2n) is 3.15. The van der Waals surface area contributed by atoms with E-state index in [2.05, 4.69) is 56.6 Å². The summed E-state index contributed by atoms with van der Waals surface area (Å²) in [6, 6.07) is 8.61. The van der Waals surface area contributed by atoms with Crippen LogP contribution in [0.25, 0.3) is 0 Å². The fourth-order valence-electron chi connectivity index (χ4n) is 0.913. The molecule has 0 aliphatic carbocycles. The van der Waals surface area contributed by atoms with Crippen molar-refractivity contribution in [3.63, 3.8) is 0 Å². The van der Waals surface area contributed by atoms with E-state index >= 15 is 0 Å². The largest absolute Gasteiger partial charge is 0.123 e. The van der Waals surface area contributed by atoms with E-state index in [0.717, 1.165) is 0 Å². The van der Waals surface area contributed by atoms with Gasteiger partial charge in [0, 0.05) is 4.90 Å². The summed E-state index contributed by atoms with van der Waals surface area (Å²) in [5.74, 6) is 0. The third kappa shape index (κ3) is 2.55. The van der Waals surface area contributed by atoms with Gasteiger partial charge in [0.2, 0.25) is 0 Å². The summed E-state index contributed by atoms with van der Waals surface area (Å²) >= 11 is 0. The minimum Gasteiger partial charge on any atom is -0.123 e. The average Bonchev–Trinajstić information content (AvgIpc) is 1.86. The van der Waals surface area contributed by atoms with Crippen LogP contribution in [0.1, 0.15) is 18.1 Å². The van der Waals surface area contributed by atoms with Crippen LogP contribution in [0.2, 0.25) is 0 Å². The Kier molecular flexibility index (Phi) is 2.68. The summed E-state index contributed by atoms with van der Waals surface area (Å²) in [5.41, 5.74) is 2.64. The fourth-order valence-corrected chi connectivity index (χ4v) is 1.30. The SMILES string of the molecule is Cc1ccc(C(C)(P)P)cc1. The van der Waals surface area contributed by atoms with Crippen LogP contribution in [0.3, 0.4) is 0 Å². The minimum absolute atomic E-state index is 0.119. The lowest BCUT2D eigenvalue weighted by molar-refractivity contribution is 1.01. The summed E-state index contributed by atoms with van der Waals surface area (Å²) in [6.45, 7) is 4.26. The van der Waals surface area contributed by atoms with Gasteiger partial charge in [0.15, 0.2) is 0 Å². The summed E-state index contributed by atoms with van der Waals surface area (Å²) < 4.78 is 0. The molecule has 0 aliphatic rings. The van der Waals surface area contributed by atoms with Crippen molar-refractivity contribution in [2.45, 2.75) is 18.7 Å². The van der Waals surface area contributed by atoms with Crippen LogP contribution in [-0.4, -0.2) is 0 Å². The minimum atomic E-state index is 0.119. The van der Waals surface area contributed by atoms with Crippen LogP contribution < -0.4 is 0 Å². The van der Waals surface area contributed by atoms with Crippen molar-refractivity contribution in [1.82, 2.24) is 0 Å². The first-order chi connectivity index (χ1) is 5.00. The monoisotopic (exact) mass is 184 g/mol. The summed E-state index contributed by atoms with van der Waals surface area (Å²) in [6.07, 6.45) is 0. The predicted octanol–water partition coefficient (Wildman–Crippen LogP) is 2.92. The molecule has 0 heterocycles. The quantitative estimate of drug-likeness (QED) is 0.588. The molecule has 2 atom stereocenters. The maximum Gasteiger partial charge on any atom is 0.0210 e. The molecule has 1 rings (SSSR count). The van der Waals surface area contributed by atoms with Gasteiger partial charge in [-0.15, -0.1) is 18.5 Å². The zero-order valence-electron chi connectivity index (χ0n) is 6.96. The van der Waals surface area contributed by atoms with Crippen molar-refractivity contribution < 1.29 is 0 Å². The Morgan fingerprint density at radius 3 is 1.91 bits per heavy atom. The standard InChI is InChI=1S/C9H14P2/c1-7-3-5-8(6-4-7)9(2,10)11/h3-6H,10-11H2,1-2H3. The highest BCUT2D eigenvalue weighted by molar-refractivity contribution is 7.38. The van der Waals surface area contributed by atoms with Crippen LogP contribution in [0.15, 0.2) is 24.3 Å². The molecule has 0 nitrogen and oxygen atoms in total. The first-order valence-corrected chi connectivity index (χ1v) is 4.80. The van der Waals surface area contributed by atoms with E-state index in [1.165, 1.54) is 11.1 Å². The zero-order valence-corrected chi connectivity index (χ0v) is 9.27. The molecule has 0 fully saturated rings. The molecule has 60 valence electrons. The van der Waals surface area contributed by atoms with E-state index in [1.54, 1.807) is 0 Å². The smallest absolute Gasteiger partial charge is 0.0210 e. The number of rotatable bonds is 1. The van der Waals surface area contributed by atoms with Crippen molar-refractivity contribution >= 4 is 18.5 Å². The third-order valence-corrected chi connectivity index (χ3v) is 2.34. The summed E-state index contributed by atoms with van der Waals surface area (Å²) in [7, 11) is 5.62. The van der Waals surface area contributed by atoms with Crippen LogP contribution in [0.5, 0.6) is 0 Å². The molecule has 2 heteroatoms. The lowest BCUT2D eigenvalue weighted by atomic mass is 10.1. The molecular weight excluding hydrogens is 170 g/mol. The van der Waals surface area contributed by atoms with Gasteiger partial charge < -0.3 is 0 Å². The number of benzene rings is 1. The second-order valence-corrected chi connectivity index (χ2v) is 6.21. The van der Waals surface area contributed by atoms with E-state index < -0.39 is 0 Å². The van der Waals surface area contributed by atoms with E-state index in [-0.39, 0.29) is 4.90 Å². The van der Waals surface area contributed by atoms with Gasteiger partial charge in [-0.1, -0.05) is 29.8 Å². The Bertz CT molecular complexity index is 231. The molecule has 2 unspecified atom stereocenters. The van der Waals surface area contributed by atoms with Crippen molar-refractivity contribution in [2.75, 3.05) is 0 Å². The topological polar surface area (TPSA) is 0 Å². The number of aryl methyl sites for hydroxylation is 1. The van der Waals surface area contributed by atoms with Gasteiger partial charge in [-0.05, 0) is 19.4 Å². The van der Waals surface area contributed by atoms with Gasteiger partial charge in [0.25, 0.3) is 0 Å². The van der Waals surface area contributed by atoms with Gasteiger partial charge in [0.05, 0.1) is 0 Å². The van der Waals surface area contributed by atoms with Gasteiger partial charge in [-0.25, -0.2) is 0 Å². The molecule has 11 heavy (non-hydrogen) atoms. The number of hydrogen-bond acceptors (Lipinski definition) is 0. The maximum atomic E-state index is 2.81. The summed E-state index contributed by atoms with van der Waals surface area (Å²) in [5, 5.41) is 0. The lowest BCUT2D eigenvalue weighted by Crippen LogP contribution is -2.00. The molecular formula is C9H14P2. The Morgan fingerprint density at radius 1 is 1.09 bits per heavy atom. The van der Waals surface area contributed by atoms with E-state index in [4.69, 9.17) is 0 Å². The molecule has 0 saturated carbocycles. The normalized spacial score (nSPS) is 11.6. The molecule has 0 radical (unpaired) electrons. The van der Waals surface area contributed by atoms with Gasteiger partial charge >= 0.3 is 0 Å². The summed E-state index contributed by atoms with van der Waals surface area (Å²) in [4.78, 5) is 0.119. The predicted molar refractivity (Wildman–Crippen MR) is 58.0 cm³/mol. The molecule has 0 amide bonds. The van der Waals surface area contributed by atoms with Crippen molar-refractivity contribution in [3.05, 3.63) is 35.4 Å². The van der Waals surface area contributed by atoms with Crippen LogP contribution in [0.4, 0.5) is 0 Å². The van der Waals surface area contributed by atoms with E-state index in [0.29, 0.717) is 0 Å². The van der Waals surface area contributed by atoms with Crippen LogP contribution in [-0.2, 0) is 4.90 Å². The van der Waals surface area contributed by atoms with E-state index in [9.17, 15) is 0 Å². The van der Waals surface area contributed by atoms with Gasteiger partial charge in [0.1, 0.15) is 0 Å². The lowest BCUT2D eigenvalue weighted by Gasteiger charge is -2.18. The molecule has 1 aromatic rings. The van der Waals surface area contributed by atoms with Crippen molar-refractivity contribution in [3.8, 4) is 0 Å². The molecule has 0 spiro atoms. The highest BCUT2D eigenvalue weighted by atomic mass is 31.1. The molecule has 0 saturated heterocycles. The second kappa shape index (κ2) is 3.21. The molecule has 1 aromatic carbocycles. The first kappa shape index (κ1) is 9.17. The number of hydrogen-bond donors (Lipinski definition) is 0. The maximum absolute atomic E-state index is 2.81. The molecule has 0 N–H and O–H groups in total. The Balaban J connectivity index is 2.99. The van der Waals surface area contributed by atoms with Gasteiger partial charge in [-0.2, -0.15) is 0 Å². The van der Waals surface area contributed by atoms with E-state index in [1.807, 2.05) is 0 Å². The van der Waals surface area contributed by atoms with Gasteiger partial charge in [-0.3, -0.25) is 0 Å². The molecule has 0 aliphatic heterocycles. The van der Waals surface area contributed by atoms with Crippen LogP contribution in [0, 0.1) is 6.92 Å². The Hall–Kier alpha value is 0.0800. The van der Waals surface area contributed by atoms with Crippen molar-refractivity contribution in [1.29, 1.82) is 0 Å². The van der Waals surface area contributed by atoms with Crippen molar-refractivity contribution in [2.24, 2.45) is 0 Å². The zero-order chi connectivity index (χ0) is 8.48. The Labute approximate surface area is 73.2 Å². The third-order valence-electron chi connectivity index (χ3n) is 1.67. The molecule has 0 aromatic heterocycles. The highest BCUT2D eigenvalue weighted by Gasteiger charge is 2.12. The Morgan fingerprint density at radius 2 is 1.55 bits per heavy atom. The highest BCUT2D eigenvalue weighted by Crippen LogP contribution is 2.37. The average molecular weight is 184 g/mol.